The highest BCUT2D eigenvalue weighted by Gasteiger charge is 2.08. The second-order valence-electron chi connectivity index (χ2n) is 3.27. The molecule has 16 heavy (non-hydrogen) atoms. The van der Waals surface area contributed by atoms with Crippen LogP contribution in [0, 0.1) is 6.92 Å². The Labute approximate surface area is 103 Å². The minimum atomic E-state index is -0.912. The number of ketones is 1. The van der Waals surface area contributed by atoms with Crippen molar-refractivity contribution < 1.29 is 14.7 Å². The van der Waals surface area contributed by atoms with Gasteiger partial charge in [0.25, 0.3) is 0 Å². The van der Waals surface area contributed by atoms with E-state index in [0.717, 1.165) is 17.3 Å². The summed E-state index contributed by atoms with van der Waals surface area (Å²) in [6.45, 7) is 1.82. The standard InChI is InChI=1S/C11H11ClO3S/c1-7-4-8(2-3-9(7)12)10(13)5-16-6-11(14)15/h2-4H,5-6H2,1H3,(H,14,15). The SMILES string of the molecule is Cc1cc(C(=O)CSCC(=O)O)ccc1Cl. The van der Waals surface area contributed by atoms with E-state index in [9.17, 15) is 9.59 Å². The van der Waals surface area contributed by atoms with Gasteiger partial charge in [0.2, 0.25) is 0 Å². The van der Waals surface area contributed by atoms with Crippen LogP contribution in [-0.2, 0) is 4.79 Å². The molecule has 5 heteroatoms. The third-order valence-electron chi connectivity index (χ3n) is 1.94. The number of carbonyl (C=O) groups excluding carboxylic acids is 1. The molecule has 0 saturated carbocycles. The summed E-state index contributed by atoms with van der Waals surface area (Å²) in [6, 6.07) is 5.04. The topological polar surface area (TPSA) is 54.4 Å². The lowest BCUT2D eigenvalue weighted by molar-refractivity contribution is -0.133. The first-order chi connectivity index (χ1) is 7.50. The molecule has 1 aromatic carbocycles. The maximum atomic E-state index is 11.6. The maximum Gasteiger partial charge on any atom is 0.313 e. The van der Waals surface area contributed by atoms with E-state index < -0.39 is 5.97 Å². The highest BCUT2D eigenvalue weighted by molar-refractivity contribution is 8.00. The summed E-state index contributed by atoms with van der Waals surface area (Å²) in [4.78, 5) is 21.9. The zero-order valence-electron chi connectivity index (χ0n) is 8.70. The van der Waals surface area contributed by atoms with Gasteiger partial charge in [0, 0.05) is 10.6 Å². The molecule has 0 fully saturated rings. The van der Waals surface area contributed by atoms with E-state index in [0.29, 0.717) is 10.6 Å². The van der Waals surface area contributed by atoms with Crippen molar-refractivity contribution in [2.45, 2.75) is 6.92 Å². The molecule has 1 rings (SSSR count). The van der Waals surface area contributed by atoms with Crippen molar-refractivity contribution in [3.63, 3.8) is 0 Å². The Balaban J connectivity index is 2.59. The van der Waals surface area contributed by atoms with E-state index in [1.165, 1.54) is 0 Å². The largest absolute Gasteiger partial charge is 0.481 e. The van der Waals surface area contributed by atoms with Gasteiger partial charge in [0.15, 0.2) is 5.78 Å². The van der Waals surface area contributed by atoms with Crippen LogP contribution in [0.5, 0.6) is 0 Å². The van der Waals surface area contributed by atoms with Crippen LogP contribution in [-0.4, -0.2) is 28.4 Å². The summed E-state index contributed by atoms with van der Waals surface area (Å²) in [5, 5.41) is 9.05. The molecule has 3 nitrogen and oxygen atoms in total. The van der Waals surface area contributed by atoms with Crippen molar-refractivity contribution >= 4 is 35.1 Å². The molecule has 0 aliphatic heterocycles. The van der Waals surface area contributed by atoms with Crippen molar-refractivity contribution in [3.8, 4) is 0 Å². The van der Waals surface area contributed by atoms with Crippen LogP contribution in [0.1, 0.15) is 15.9 Å². The van der Waals surface area contributed by atoms with Gasteiger partial charge in [-0.25, -0.2) is 0 Å². The van der Waals surface area contributed by atoms with Crippen LogP contribution in [0.25, 0.3) is 0 Å². The van der Waals surface area contributed by atoms with E-state index in [-0.39, 0.29) is 17.3 Å². The quantitative estimate of drug-likeness (QED) is 0.825. The van der Waals surface area contributed by atoms with Crippen molar-refractivity contribution in [1.29, 1.82) is 0 Å². The molecule has 0 heterocycles. The highest BCUT2D eigenvalue weighted by Crippen LogP contribution is 2.17. The van der Waals surface area contributed by atoms with Gasteiger partial charge in [-0.05, 0) is 30.7 Å². The molecule has 0 bridgehead atoms. The van der Waals surface area contributed by atoms with Gasteiger partial charge in [-0.3, -0.25) is 9.59 Å². The molecule has 86 valence electrons. The number of halogens is 1. The van der Waals surface area contributed by atoms with Crippen molar-refractivity contribution in [2.75, 3.05) is 11.5 Å². The van der Waals surface area contributed by atoms with E-state index >= 15 is 0 Å². The Morgan fingerprint density at radius 3 is 2.62 bits per heavy atom. The third-order valence-corrected chi connectivity index (χ3v) is 3.28. The molecule has 0 spiro atoms. The first kappa shape index (κ1) is 13.1. The normalized spacial score (nSPS) is 10.1. The summed E-state index contributed by atoms with van der Waals surface area (Å²) >= 11 is 6.93. The predicted molar refractivity (Wildman–Crippen MR) is 65.5 cm³/mol. The van der Waals surface area contributed by atoms with Gasteiger partial charge in [-0.1, -0.05) is 11.6 Å². The molecule has 0 aliphatic carbocycles. The summed E-state index contributed by atoms with van der Waals surface area (Å²) in [5.74, 6) is -0.873. The molecule has 0 aliphatic rings. The van der Waals surface area contributed by atoms with Gasteiger partial charge in [0.05, 0.1) is 11.5 Å². The first-order valence-electron chi connectivity index (χ1n) is 4.59. The molecule has 0 aromatic heterocycles. The van der Waals surface area contributed by atoms with Gasteiger partial charge in [-0.2, -0.15) is 0 Å². The van der Waals surface area contributed by atoms with Crippen molar-refractivity contribution in [2.24, 2.45) is 0 Å². The second-order valence-corrected chi connectivity index (χ2v) is 4.67. The lowest BCUT2D eigenvalue weighted by Gasteiger charge is -2.02. The van der Waals surface area contributed by atoms with E-state index in [2.05, 4.69) is 0 Å². The molecule has 0 unspecified atom stereocenters. The number of carboxylic acids is 1. The van der Waals surface area contributed by atoms with E-state index in [4.69, 9.17) is 16.7 Å². The number of carboxylic acid groups (broad SMARTS) is 1. The van der Waals surface area contributed by atoms with E-state index in [1.54, 1.807) is 18.2 Å². The fraction of sp³-hybridized carbons (Fsp3) is 0.273. The maximum absolute atomic E-state index is 11.6. The van der Waals surface area contributed by atoms with Crippen LogP contribution in [0.4, 0.5) is 0 Å². The van der Waals surface area contributed by atoms with Gasteiger partial charge < -0.3 is 5.11 Å². The number of thioether (sulfide) groups is 1. The van der Waals surface area contributed by atoms with Crippen LogP contribution in [0.2, 0.25) is 5.02 Å². The minimum absolute atomic E-state index is 0.0572. The number of aryl methyl sites for hydroxylation is 1. The van der Waals surface area contributed by atoms with Crippen molar-refractivity contribution in [3.05, 3.63) is 34.3 Å². The first-order valence-corrected chi connectivity index (χ1v) is 6.13. The molecular weight excluding hydrogens is 248 g/mol. The fourth-order valence-corrected chi connectivity index (χ4v) is 1.88. The van der Waals surface area contributed by atoms with Crippen molar-refractivity contribution in [1.82, 2.24) is 0 Å². The van der Waals surface area contributed by atoms with Gasteiger partial charge >= 0.3 is 5.97 Å². The summed E-state index contributed by atoms with van der Waals surface area (Å²) in [7, 11) is 0. The Hall–Kier alpha value is -1.000. The zero-order chi connectivity index (χ0) is 12.1. The predicted octanol–water partition coefficient (Wildman–Crippen LogP) is 2.65. The fourth-order valence-electron chi connectivity index (χ4n) is 1.13. The summed E-state index contributed by atoms with van der Waals surface area (Å²) in [6.07, 6.45) is 0. The second kappa shape index (κ2) is 5.92. The Morgan fingerprint density at radius 2 is 2.06 bits per heavy atom. The molecule has 0 atom stereocenters. The van der Waals surface area contributed by atoms with E-state index in [1.807, 2.05) is 6.92 Å². The molecule has 0 saturated heterocycles. The number of aliphatic carboxylic acids is 1. The van der Waals surface area contributed by atoms with Crippen LogP contribution in [0.3, 0.4) is 0 Å². The number of benzene rings is 1. The Bertz CT molecular complexity index is 418. The van der Waals surface area contributed by atoms with Crippen LogP contribution in [0.15, 0.2) is 18.2 Å². The van der Waals surface area contributed by atoms with Crippen LogP contribution < -0.4 is 0 Å². The Morgan fingerprint density at radius 1 is 1.38 bits per heavy atom. The monoisotopic (exact) mass is 258 g/mol. The summed E-state index contributed by atoms with van der Waals surface area (Å²) in [5.41, 5.74) is 1.41. The number of carbonyl (C=O) groups is 2. The molecule has 0 radical (unpaired) electrons. The smallest absolute Gasteiger partial charge is 0.313 e. The number of hydrogen-bond acceptors (Lipinski definition) is 3. The zero-order valence-corrected chi connectivity index (χ0v) is 10.3. The highest BCUT2D eigenvalue weighted by atomic mass is 35.5. The lowest BCUT2D eigenvalue weighted by Crippen LogP contribution is -2.06. The number of hydrogen-bond donors (Lipinski definition) is 1. The third kappa shape index (κ3) is 3.87. The molecule has 1 aromatic rings. The summed E-state index contributed by atoms with van der Waals surface area (Å²) < 4.78 is 0. The molecule has 1 N–H and O–H groups in total. The lowest BCUT2D eigenvalue weighted by atomic mass is 10.1. The van der Waals surface area contributed by atoms with Gasteiger partial charge in [-0.15, -0.1) is 11.8 Å². The average Bonchev–Trinajstić information content (AvgIpc) is 2.21. The van der Waals surface area contributed by atoms with Gasteiger partial charge in [0.1, 0.15) is 0 Å². The molecular formula is C11H11ClO3S. The van der Waals surface area contributed by atoms with Crippen LogP contribution >= 0.6 is 23.4 Å². The average molecular weight is 259 g/mol. The molecule has 0 amide bonds. The number of rotatable bonds is 5. The number of Topliss-reactive ketones (excluding diaryl/α,β-unsaturated/α-hetero) is 1. The minimum Gasteiger partial charge on any atom is -0.481 e. The Kier molecular flexibility index (Phi) is 4.83.